The molecular formula is C29H28N4O5. The van der Waals surface area contributed by atoms with Crippen LogP contribution >= 0.6 is 0 Å². The zero-order valence-corrected chi connectivity index (χ0v) is 21.5. The Bertz CT molecular complexity index is 1670. The number of para-hydroxylation sites is 2. The molecule has 0 unspecified atom stereocenters. The van der Waals surface area contributed by atoms with Gasteiger partial charge in [-0.25, -0.2) is 9.36 Å². The summed E-state index contributed by atoms with van der Waals surface area (Å²) in [4.78, 5) is 28.2. The second-order valence-corrected chi connectivity index (χ2v) is 9.25. The van der Waals surface area contributed by atoms with Crippen molar-refractivity contribution in [3.05, 3.63) is 122 Å². The molecule has 194 valence electrons. The Hall–Kier alpha value is -4.92. The van der Waals surface area contributed by atoms with Gasteiger partial charge in [0, 0.05) is 31.0 Å². The molecule has 0 radical (unpaired) electrons. The van der Waals surface area contributed by atoms with E-state index in [1.54, 1.807) is 61.6 Å². The van der Waals surface area contributed by atoms with E-state index in [0.717, 1.165) is 0 Å². The van der Waals surface area contributed by atoms with Gasteiger partial charge >= 0.3 is 0 Å². The Morgan fingerprint density at radius 3 is 1.45 bits per heavy atom. The molecule has 5 rings (SSSR count). The van der Waals surface area contributed by atoms with Gasteiger partial charge in [-0.05, 0) is 44.2 Å². The lowest BCUT2D eigenvalue weighted by Crippen LogP contribution is -2.26. The van der Waals surface area contributed by atoms with Crippen LogP contribution in [0.25, 0.3) is 11.4 Å². The van der Waals surface area contributed by atoms with Crippen LogP contribution in [0.3, 0.4) is 0 Å². The van der Waals surface area contributed by atoms with Gasteiger partial charge in [-0.3, -0.25) is 19.0 Å². The molecule has 9 nitrogen and oxygen atoms in total. The van der Waals surface area contributed by atoms with Crippen LogP contribution in [0, 0.1) is 13.8 Å². The van der Waals surface area contributed by atoms with E-state index in [1.807, 2.05) is 36.4 Å². The summed E-state index contributed by atoms with van der Waals surface area (Å²) in [5.41, 5.74) is 2.33. The van der Waals surface area contributed by atoms with Crippen LogP contribution in [-0.2, 0) is 14.1 Å². The fourth-order valence-electron chi connectivity index (χ4n) is 5.12. The van der Waals surface area contributed by atoms with Crippen molar-refractivity contribution < 1.29 is 15.3 Å². The number of hydrogen-bond donors (Lipinski definition) is 3. The van der Waals surface area contributed by atoms with E-state index >= 15 is 0 Å². The van der Waals surface area contributed by atoms with Gasteiger partial charge in [0.05, 0.1) is 28.4 Å². The first-order valence-electron chi connectivity index (χ1n) is 12.1. The molecule has 2 aromatic heterocycles. The lowest BCUT2D eigenvalue weighted by atomic mass is 9.84. The molecule has 0 aliphatic carbocycles. The summed E-state index contributed by atoms with van der Waals surface area (Å²) < 4.78 is 6.41. The average Bonchev–Trinajstić information content (AvgIpc) is 3.27. The molecule has 0 aliphatic rings. The third-order valence-electron chi connectivity index (χ3n) is 7.25. The molecule has 0 bridgehead atoms. The highest BCUT2D eigenvalue weighted by molar-refractivity contribution is 5.59. The minimum Gasteiger partial charge on any atom is -0.504 e. The van der Waals surface area contributed by atoms with Crippen molar-refractivity contribution in [1.29, 1.82) is 0 Å². The Balaban J connectivity index is 1.89. The molecule has 0 fully saturated rings. The van der Waals surface area contributed by atoms with Crippen LogP contribution in [0.2, 0.25) is 0 Å². The van der Waals surface area contributed by atoms with Crippen LogP contribution in [0.5, 0.6) is 17.2 Å². The second kappa shape index (κ2) is 9.19. The summed E-state index contributed by atoms with van der Waals surface area (Å²) in [6, 6.07) is 20.9. The molecule has 38 heavy (non-hydrogen) atoms. The monoisotopic (exact) mass is 512 g/mol. The number of aromatic hydroxyl groups is 3. The Morgan fingerprint density at radius 2 is 1.03 bits per heavy atom. The number of phenolic OH excluding ortho intramolecular Hbond substituents is 3. The maximum atomic E-state index is 14.1. The summed E-state index contributed by atoms with van der Waals surface area (Å²) in [7, 11) is 3.50. The average molecular weight is 513 g/mol. The van der Waals surface area contributed by atoms with E-state index in [1.165, 1.54) is 21.5 Å². The first kappa shape index (κ1) is 24.8. The molecule has 0 amide bonds. The molecule has 3 N–H and O–H groups in total. The molecule has 3 aromatic carbocycles. The van der Waals surface area contributed by atoms with E-state index in [4.69, 9.17) is 0 Å². The van der Waals surface area contributed by atoms with Crippen molar-refractivity contribution in [3.8, 4) is 28.6 Å². The van der Waals surface area contributed by atoms with Crippen molar-refractivity contribution in [2.45, 2.75) is 19.8 Å². The van der Waals surface area contributed by atoms with Crippen LogP contribution in [0.15, 0.2) is 82.4 Å². The minimum absolute atomic E-state index is 0.123. The minimum atomic E-state index is -1.05. The molecule has 9 heteroatoms. The number of rotatable bonds is 5. The van der Waals surface area contributed by atoms with Crippen LogP contribution in [0.4, 0.5) is 0 Å². The molecule has 0 atom stereocenters. The number of aromatic nitrogens is 4. The Morgan fingerprint density at radius 1 is 0.605 bits per heavy atom. The number of phenols is 3. The van der Waals surface area contributed by atoms with E-state index in [2.05, 4.69) is 0 Å². The molecule has 2 heterocycles. The van der Waals surface area contributed by atoms with Gasteiger partial charge in [-0.15, -0.1) is 0 Å². The molecule has 0 saturated heterocycles. The van der Waals surface area contributed by atoms with Crippen LogP contribution < -0.4 is 11.1 Å². The SMILES string of the molecule is Cc1c(C(c2ccc(O)c(O)c2O)c2c(C)n(C)n(-c3ccccc3)c2=O)c(=O)n(-c2ccccc2)n1C. The number of hydrogen-bond acceptors (Lipinski definition) is 5. The second-order valence-electron chi connectivity index (χ2n) is 9.25. The zero-order chi connectivity index (χ0) is 27.3. The van der Waals surface area contributed by atoms with Gasteiger partial charge in [-0.2, -0.15) is 0 Å². The smallest absolute Gasteiger partial charge is 0.275 e. The first-order chi connectivity index (χ1) is 18.1. The summed E-state index contributed by atoms with van der Waals surface area (Å²) >= 11 is 0. The Labute approximate surface area is 218 Å². The summed E-state index contributed by atoms with van der Waals surface area (Å²) in [5.74, 6) is -2.88. The number of nitrogens with zero attached hydrogens (tertiary/aromatic N) is 4. The van der Waals surface area contributed by atoms with E-state index in [0.29, 0.717) is 22.8 Å². The van der Waals surface area contributed by atoms with Crippen molar-refractivity contribution in [2.24, 2.45) is 14.1 Å². The molecule has 5 aromatic rings. The van der Waals surface area contributed by atoms with Crippen molar-refractivity contribution >= 4 is 0 Å². The fourth-order valence-corrected chi connectivity index (χ4v) is 5.12. The predicted octanol–water partition coefficient (Wildman–Crippen LogP) is 3.58. The summed E-state index contributed by atoms with van der Waals surface area (Å²) in [6.07, 6.45) is 0. The van der Waals surface area contributed by atoms with Crippen LogP contribution in [-0.4, -0.2) is 34.0 Å². The quantitative estimate of drug-likeness (QED) is 0.312. The Kier molecular flexibility index (Phi) is 5.99. The fraction of sp³-hybridized carbons (Fsp3) is 0.172. The lowest BCUT2D eigenvalue weighted by Gasteiger charge is -2.18. The predicted molar refractivity (Wildman–Crippen MR) is 144 cm³/mol. The van der Waals surface area contributed by atoms with Crippen LogP contribution in [0.1, 0.15) is 34.0 Å². The van der Waals surface area contributed by atoms with Gasteiger partial charge < -0.3 is 15.3 Å². The van der Waals surface area contributed by atoms with Gasteiger partial charge in [0.15, 0.2) is 11.5 Å². The normalized spacial score (nSPS) is 11.4. The first-order valence-corrected chi connectivity index (χ1v) is 12.1. The summed E-state index contributed by atoms with van der Waals surface area (Å²) in [5, 5.41) is 31.4. The molecular weight excluding hydrogens is 484 g/mol. The van der Waals surface area contributed by atoms with Gasteiger partial charge in [-0.1, -0.05) is 42.5 Å². The molecule has 0 spiro atoms. The van der Waals surface area contributed by atoms with Crippen molar-refractivity contribution in [1.82, 2.24) is 18.7 Å². The third kappa shape index (κ3) is 3.62. The molecule has 0 saturated carbocycles. The largest absolute Gasteiger partial charge is 0.504 e. The summed E-state index contributed by atoms with van der Waals surface area (Å²) in [6.45, 7) is 3.54. The van der Waals surface area contributed by atoms with E-state index in [-0.39, 0.29) is 27.8 Å². The van der Waals surface area contributed by atoms with Gasteiger partial charge in [0.25, 0.3) is 11.1 Å². The topological polar surface area (TPSA) is 115 Å². The maximum Gasteiger partial charge on any atom is 0.275 e. The van der Waals surface area contributed by atoms with Crippen molar-refractivity contribution in [3.63, 3.8) is 0 Å². The van der Waals surface area contributed by atoms with Crippen molar-refractivity contribution in [2.75, 3.05) is 0 Å². The van der Waals surface area contributed by atoms with Gasteiger partial charge in [0.1, 0.15) is 0 Å². The molecule has 0 aliphatic heterocycles. The van der Waals surface area contributed by atoms with E-state index < -0.39 is 23.2 Å². The lowest BCUT2D eigenvalue weighted by molar-refractivity contribution is 0.364. The maximum absolute atomic E-state index is 14.1. The van der Waals surface area contributed by atoms with E-state index in [9.17, 15) is 24.9 Å². The third-order valence-corrected chi connectivity index (χ3v) is 7.25. The highest BCUT2D eigenvalue weighted by Gasteiger charge is 2.35. The highest BCUT2D eigenvalue weighted by atomic mass is 16.3. The zero-order valence-electron chi connectivity index (χ0n) is 21.5. The highest BCUT2D eigenvalue weighted by Crippen LogP contribution is 2.44. The standard InChI is InChI=1S/C29H28N4O5/c1-17-23(28(37)32(30(17)3)19-11-7-5-8-12-19)25(21-15-16-22(34)27(36)26(21)35)24-18(2)31(4)33(29(24)38)20-13-9-6-10-14-20/h5-16,25,34-36H,1-4H3. The van der Waals surface area contributed by atoms with Gasteiger partial charge in [0.2, 0.25) is 5.75 Å². The number of benzene rings is 3.